The fraction of sp³-hybridized carbons (Fsp3) is 0.500. The highest BCUT2D eigenvalue weighted by Crippen LogP contribution is 2.18. The summed E-state index contributed by atoms with van der Waals surface area (Å²) in [5.41, 5.74) is 0.216. The van der Waals surface area contributed by atoms with Crippen LogP contribution in [0.2, 0.25) is 0 Å². The van der Waals surface area contributed by atoms with Crippen molar-refractivity contribution in [3.8, 4) is 0 Å². The summed E-state index contributed by atoms with van der Waals surface area (Å²) in [6, 6.07) is 6.17. The lowest BCUT2D eigenvalue weighted by Gasteiger charge is -2.18. The summed E-state index contributed by atoms with van der Waals surface area (Å²) in [5, 5.41) is 5.91. The number of anilines is 1. The fourth-order valence-electron chi connectivity index (χ4n) is 2.13. The van der Waals surface area contributed by atoms with Crippen LogP contribution in [-0.4, -0.2) is 31.7 Å². The molecule has 4 nitrogen and oxygen atoms in total. The lowest BCUT2D eigenvalue weighted by molar-refractivity contribution is -0.120. The Hall–Kier alpha value is -1.46. The van der Waals surface area contributed by atoms with Crippen LogP contribution in [0.1, 0.15) is 13.3 Å². The number of benzene rings is 1. The van der Waals surface area contributed by atoms with Gasteiger partial charge in [0.1, 0.15) is 5.82 Å². The van der Waals surface area contributed by atoms with Crippen LogP contribution < -0.4 is 10.6 Å². The molecule has 0 spiro atoms. The van der Waals surface area contributed by atoms with E-state index in [0.717, 1.165) is 13.0 Å². The van der Waals surface area contributed by atoms with Gasteiger partial charge in [0.15, 0.2) is 0 Å². The van der Waals surface area contributed by atoms with Crippen LogP contribution in [0.4, 0.5) is 10.1 Å². The highest BCUT2D eigenvalue weighted by molar-refractivity contribution is 5.93. The number of carbonyl (C=O) groups is 1. The summed E-state index contributed by atoms with van der Waals surface area (Å²) >= 11 is 0. The minimum absolute atomic E-state index is 0.00623. The predicted octanol–water partition coefficient (Wildman–Crippen LogP) is 1.78. The molecular formula is C14H19FN2O2. The van der Waals surface area contributed by atoms with E-state index < -0.39 is 5.82 Å². The molecule has 0 bridgehead atoms. The third kappa shape index (κ3) is 3.52. The van der Waals surface area contributed by atoms with Crippen LogP contribution in [0.5, 0.6) is 0 Å². The second-order valence-corrected chi connectivity index (χ2v) is 4.67. The Morgan fingerprint density at radius 2 is 2.21 bits per heavy atom. The number of ether oxygens (including phenoxy) is 1. The maximum atomic E-state index is 13.5. The molecule has 0 aromatic heterocycles. The Morgan fingerprint density at radius 1 is 1.42 bits per heavy atom. The summed E-state index contributed by atoms with van der Waals surface area (Å²) in [5.74, 6) is -0.893. The first kappa shape index (κ1) is 14.0. The Labute approximate surface area is 112 Å². The van der Waals surface area contributed by atoms with Gasteiger partial charge in [-0.3, -0.25) is 4.79 Å². The van der Waals surface area contributed by atoms with Crippen molar-refractivity contribution in [3.05, 3.63) is 30.1 Å². The van der Waals surface area contributed by atoms with Crippen molar-refractivity contribution in [2.45, 2.75) is 19.4 Å². The van der Waals surface area contributed by atoms with Crippen LogP contribution >= 0.6 is 0 Å². The maximum Gasteiger partial charge on any atom is 0.231 e. The number of nitrogens with one attached hydrogen (secondary N) is 2. The van der Waals surface area contributed by atoms with E-state index in [0.29, 0.717) is 13.2 Å². The number of hydrogen-bond donors (Lipinski definition) is 2. The Balaban J connectivity index is 1.97. The average Bonchev–Trinajstić information content (AvgIpc) is 2.87. The minimum atomic E-state index is -0.423. The molecule has 1 aromatic rings. The molecule has 1 heterocycles. The number of para-hydroxylation sites is 1. The number of halogens is 1. The molecule has 1 amide bonds. The van der Waals surface area contributed by atoms with E-state index in [1.165, 1.54) is 6.07 Å². The smallest absolute Gasteiger partial charge is 0.231 e. The average molecular weight is 266 g/mol. The minimum Gasteiger partial charge on any atom is -0.379 e. The zero-order chi connectivity index (χ0) is 13.7. The first-order valence-corrected chi connectivity index (χ1v) is 6.59. The van der Waals surface area contributed by atoms with E-state index in [-0.39, 0.29) is 23.6 Å². The SMILES string of the molecule is CCCNC1COCC1C(=O)Nc1ccccc1F. The van der Waals surface area contributed by atoms with Crippen molar-refractivity contribution in [1.82, 2.24) is 5.32 Å². The number of amides is 1. The molecule has 104 valence electrons. The van der Waals surface area contributed by atoms with Crippen LogP contribution in [-0.2, 0) is 9.53 Å². The largest absolute Gasteiger partial charge is 0.379 e. The van der Waals surface area contributed by atoms with Crippen molar-refractivity contribution in [3.63, 3.8) is 0 Å². The first-order valence-electron chi connectivity index (χ1n) is 6.59. The summed E-state index contributed by atoms with van der Waals surface area (Å²) in [7, 11) is 0. The molecule has 2 unspecified atom stereocenters. The predicted molar refractivity (Wildman–Crippen MR) is 71.4 cm³/mol. The van der Waals surface area contributed by atoms with Gasteiger partial charge in [-0.1, -0.05) is 19.1 Å². The van der Waals surface area contributed by atoms with Gasteiger partial charge in [0.05, 0.1) is 24.8 Å². The second-order valence-electron chi connectivity index (χ2n) is 4.67. The van der Waals surface area contributed by atoms with Crippen LogP contribution in [0, 0.1) is 11.7 Å². The second kappa shape index (κ2) is 6.63. The molecular weight excluding hydrogens is 247 g/mol. The van der Waals surface area contributed by atoms with E-state index in [4.69, 9.17) is 4.74 Å². The first-order chi connectivity index (χ1) is 9.22. The highest BCUT2D eigenvalue weighted by Gasteiger charge is 2.33. The molecule has 2 rings (SSSR count). The van der Waals surface area contributed by atoms with Crippen LogP contribution in [0.15, 0.2) is 24.3 Å². The lowest BCUT2D eigenvalue weighted by Crippen LogP contribution is -2.41. The fourth-order valence-corrected chi connectivity index (χ4v) is 2.13. The van der Waals surface area contributed by atoms with E-state index in [2.05, 4.69) is 17.6 Å². The van der Waals surface area contributed by atoms with Gasteiger partial charge >= 0.3 is 0 Å². The van der Waals surface area contributed by atoms with Crippen molar-refractivity contribution in [2.24, 2.45) is 5.92 Å². The molecule has 19 heavy (non-hydrogen) atoms. The molecule has 2 N–H and O–H groups in total. The van der Waals surface area contributed by atoms with Crippen molar-refractivity contribution >= 4 is 11.6 Å². The molecule has 5 heteroatoms. The van der Waals surface area contributed by atoms with Gasteiger partial charge in [-0.25, -0.2) is 4.39 Å². The van der Waals surface area contributed by atoms with E-state index >= 15 is 0 Å². The Bertz CT molecular complexity index is 439. The van der Waals surface area contributed by atoms with Crippen molar-refractivity contribution in [2.75, 3.05) is 25.1 Å². The number of hydrogen-bond acceptors (Lipinski definition) is 3. The Morgan fingerprint density at radius 3 is 2.95 bits per heavy atom. The normalized spacial score (nSPS) is 22.4. The quantitative estimate of drug-likeness (QED) is 0.854. The summed E-state index contributed by atoms with van der Waals surface area (Å²) in [6.45, 7) is 3.81. The number of carbonyl (C=O) groups excluding carboxylic acids is 1. The van der Waals surface area contributed by atoms with E-state index in [1.807, 2.05) is 0 Å². The van der Waals surface area contributed by atoms with Crippen molar-refractivity contribution < 1.29 is 13.9 Å². The van der Waals surface area contributed by atoms with Gasteiger partial charge in [0.25, 0.3) is 0 Å². The molecule has 0 aliphatic carbocycles. The molecule has 1 fully saturated rings. The molecule has 1 aliphatic rings. The third-order valence-electron chi connectivity index (χ3n) is 3.21. The molecule has 1 aliphatic heterocycles. The monoisotopic (exact) mass is 266 g/mol. The van der Waals surface area contributed by atoms with Gasteiger partial charge < -0.3 is 15.4 Å². The summed E-state index contributed by atoms with van der Waals surface area (Å²) in [4.78, 5) is 12.1. The van der Waals surface area contributed by atoms with Gasteiger partial charge in [-0.15, -0.1) is 0 Å². The summed E-state index contributed by atoms with van der Waals surface area (Å²) < 4.78 is 18.8. The molecule has 1 saturated heterocycles. The molecule has 0 saturated carbocycles. The van der Waals surface area contributed by atoms with Gasteiger partial charge in [0, 0.05) is 6.04 Å². The van der Waals surface area contributed by atoms with Crippen LogP contribution in [0.3, 0.4) is 0 Å². The molecule has 2 atom stereocenters. The summed E-state index contributed by atoms with van der Waals surface area (Å²) in [6.07, 6.45) is 0.998. The molecule has 0 radical (unpaired) electrons. The topological polar surface area (TPSA) is 50.4 Å². The highest BCUT2D eigenvalue weighted by atomic mass is 19.1. The zero-order valence-electron chi connectivity index (χ0n) is 11.0. The van der Waals surface area contributed by atoms with Crippen LogP contribution in [0.25, 0.3) is 0 Å². The van der Waals surface area contributed by atoms with Gasteiger partial charge in [-0.2, -0.15) is 0 Å². The van der Waals surface area contributed by atoms with Gasteiger partial charge in [-0.05, 0) is 25.1 Å². The third-order valence-corrected chi connectivity index (χ3v) is 3.21. The standard InChI is InChI=1S/C14H19FN2O2/c1-2-7-16-13-9-19-8-10(13)14(18)17-12-6-4-3-5-11(12)15/h3-6,10,13,16H,2,7-9H2,1H3,(H,17,18). The van der Waals surface area contributed by atoms with Gasteiger partial charge in [0.2, 0.25) is 5.91 Å². The van der Waals surface area contributed by atoms with Crippen molar-refractivity contribution in [1.29, 1.82) is 0 Å². The zero-order valence-corrected chi connectivity index (χ0v) is 11.0. The lowest BCUT2D eigenvalue weighted by atomic mass is 10.0. The maximum absolute atomic E-state index is 13.5. The Kier molecular flexibility index (Phi) is 4.87. The number of rotatable bonds is 5. The molecule has 1 aromatic carbocycles. The van der Waals surface area contributed by atoms with E-state index in [1.54, 1.807) is 18.2 Å². The van der Waals surface area contributed by atoms with E-state index in [9.17, 15) is 9.18 Å².